The van der Waals surface area contributed by atoms with Crippen LogP contribution >= 0.6 is 11.3 Å². The molecule has 4 aromatic rings. The molecule has 4 rings (SSSR count). The molecule has 0 aliphatic carbocycles. The van der Waals surface area contributed by atoms with Gasteiger partial charge >= 0.3 is 6.18 Å². The van der Waals surface area contributed by atoms with Gasteiger partial charge in [0.15, 0.2) is 5.65 Å². The van der Waals surface area contributed by atoms with Crippen molar-refractivity contribution in [2.24, 2.45) is 0 Å². The van der Waals surface area contributed by atoms with Crippen LogP contribution in [0.25, 0.3) is 16.2 Å². The van der Waals surface area contributed by atoms with Crippen molar-refractivity contribution in [1.82, 2.24) is 24.9 Å². The second-order valence-electron chi connectivity index (χ2n) is 6.81. The van der Waals surface area contributed by atoms with Gasteiger partial charge in [-0.3, -0.25) is 14.7 Å². The fraction of sp³-hybridized carbons (Fsp3) is 0.200. The minimum atomic E-state index is -4.39. The number of rotatable bonds is 5. The topological polar surface area (TPSA) is 92.2 Å². The number of hydrogen-bond acceptors (Lipinski definition) is 5. The number of carbonyl (C=O) groups is 1. The maximum atomic E-state index is 12.7. The first-order chi connectivity index (χ1) is 14.7. The Morgan fingerprint density at radius 2 is 1.94 bits per heavy atom. The number of alkyl halides is 3. The predicted octanol–water partition coefficient (Wildman–Crippen LogP) is 3.33. The molecular formula is C20H16F3N5O2S. The lowest BCUT2D eigenvalue weighted by atomic mass is 10.1. The van der Waals surface area contributed by atoms with Gasteiger partial charge in [0.1, 0.15) is 5.01 Å². The molecule has 0 unspecified atom stereocenters. The van der Waals surface area contributed by atoms with Crippen molar-refractivity contribution in [2.45, 2.75) is 26.1 Å². The number of aromatic nitrogens is 4. The smallest absolute Gasteiger partial charge is 0.350 e. The van der Waals surface area contributed by atoms with Gasteiger partial charge in [-0.15, -0.1) is 11.3 Å². The average Bonchev–Trinajstić information content (AvgIpc) is 3.38. The molecule has 0 saturated heterocycles. The number of H-pyrrole nitrogens is 1. The number of benzene rings is 1. The predicted molar refractivity (Wildman–Crippen MR) is 109 cm³/mol. The highest BCUT2D eigenvalue weighted by Gasteiger charge is 2.30. The van der Waals surface area contributed by atoms with Gasteiger partial charge in [0.2, 0.25) is 5.91 Å². The number of nitrogens with zero attached hydrogens (tertiary/aromatic N) is 3. The third-order valence-electron chi connectivity index (χ3n) is 4.66. The summed E-state index contributed by atoms with van der Waals surface area (Å²) < 4.78 is 39.3. The Morgan fingerprint density at radius 1 is 1.19 bits per heavy atom. The van der Waals surface area contributed by atoms with E-state index >= 15 is 0 Å². The Morgan fingerprint density at radius 3 is 2.65 bits per heavy atom. The molecule has 11 heteroatoms. The highest BCUT2D eigenvalue weighted by molar-refractivity contribution is 7.13. The first-order valence-electron chi connectivity index (χ1n) is 9.17. The average molecular weight is 447 g/mol. The number of fused-ring (bicyclic) bond motifs is 1. The lowest BCUT2D eigenvalue weighted by molar-refractivity contribution is -0.137. The molecule has 0 aliphatic rings. The fourth-order valence-electron chi connectivity index (χ4n) is 3.04. The lowest BCUT2D eigenvalue weighted by Crippen LogP contribution is -2.30. The van der Waals surface area contributed by atoms with Crippen molar-refractivity contribution in [3.63, 3.8) is 0 Å². The number of halogens is 3. The van der Waals surface area contributed by atoms with Gasteiger partial charge in [-0.25, -0.2) is 14.5 Å². The molecule has 0 atom stereocenters. The summed E-state index contributed by atoms with van der Waals surface area (Å²) in [6.07, 6.45) is -2.93. The second kappa shape index (κ2) is 7.99. The van der Waals surface area contributed by atoms with Crippen molar-refractivity contribution in [2.75, 3.05) is 0 Å². The van der Waals surface area contributed by atoms with Crippen LogP contribution in [0.5, 0.6) is 0 Å². The summed E-state index contributed by atoms with van der Waals surface area (Å²) in [5, 5.41) is 7.74. The highest BCUT2D eigenvalue weighted by atomic mass is 32.1. The van der Waals surface area contributed by atoms with Crippen molar-refractivity contribution in [3.8, 4) is 10.6 Å². The molecule has 1 amide bonds. The van der Waals surface area contributed by atoms with E-state index in [1.807, 2.05) is 0 Å². The van der Waals surface area contributed by atoms with Crippen molar-refractivity contribution < 1.29 is 18.0 Å². The number of nitrogens with one attached hydrogen (secondary N) is 2. The number of aromatic amines is 1. The molecule has 0 aliphatic heterocycles. The maximum Gasteiger partial charge on any atom is 0.416 e. The Hall–Kier alpha value is -3.47. The SMILES string of the molecule is Cc1nc2cc[nH]n2c(=O)c1CC(=O)NCc1csc(-c2ccc(C(F)(F)F)cc2)n1. The zero-order valence-corrected chi connectivity index (χ0v) is 17.0. The van der Waals surface area contributed by atoms with Gasteiger partial charge in [-0.1, -0.05) is 12.1 Å². The molecule has 2 N–H and O–H groups in total. The number of thiazole rings is 1. The zero-order valence-electron chi connectivity index (χ0n) is 16.2. The van der Waals surface area contributed by atoms with Crippen LogP contribution in [0, 0.1) is 6.92 Å². The van der Waals surface area contributed by atoms with Gasteiger partial charge in [-0.05, 0) is 19.1 Å². The van der Waals surface area contributed by atoms with E-state index in [1.165, 1.54) is 28.0 Å². The molecule has 7 nitrogen and oxygen atoms in total. The second-order valence-corrected chi connectivity index (χ2v) is 7.67. The first-order valence-corrected chi connectivity index (χ1v) is 10.0. The number of hydrogen-bond donors (Lipinski definition) is 2. The van der Waals surface area contributed by atoms with E-state index in [9.17, 15) is 22.8 Å². The van der Waals surface area contributed by atoms with Gasteiger partial charge in [0, 0.05) is 34.5 Å². The Kier molecular flexibility index (Phi) is 5.36. The molecule has 0 saturated carbocycles. The van der Waals surface area contributed by atoms with Crippen LogP contribution in [0.15, 0.2) is 46.7 Å². The summed E-state index contributed by atoms with van der Waals surface area (Å²) in [6.45, 7) is 1.81. The van der Waals surface area contributed by atoms with E-state index in [2.05, 4.69) is 20.4 Å². The molecule has 1 aromatic carbocycles. The van der Waals surface area contributed by atoms with Gasteiger partial charge in [0.05, 0.1) is 24.2 Å². The standard InChI is InChI=1S/C20H16F3N5O2S/c1-11-15(19(30)28-16(26-11)6-7-25-28)8-17(29)24-9-14-10-31-18(27-14)12-2-4-13(5-3-12)20(21,22)23/h2-7,10,25H,8-9H2,1H3,(H,24,29). The van der Waals surface area contributed by atoms with E-state index in [4.69, 9.17) is 0 Å². The normalized spacial score (nSPS) is 11.7. The molecule has 0 radical (unpaired) electrons. The quantitative estimate of drug-likeness (QED) is 0.491. The third-order valence-corrected chi connectivity index (χ3v) is 5.60. The van der Waals surface area contributed by atoms with Crippen molar-refractivity contribution in [3.05, 3.63) is 74.8 Å². The van der Waals surface area contributed by atoms with Crippen LogP contribution in [0.3, 0.4) is 0 Å². The Labute approximate surface area is 177 Å². The summed E-state index contributed by atoms with van der Waals surface area (Å²) in [5.41, 5.74) is 1.33. The van der Waals surface area contributed by atoms with Crippen LogP contribution in [0.2, 0.25) is 0 Å². The summed E-state index contributed by atoms with van der Waals surface area (Å²) in [4.78, 5) is 33.5. The summed E-state index contributed by atoms with van der Waals surface area (Å²) in [6, 6.07) is 6.41. The monoisotopic (exact) mass is 447 g/mol. The van der Waals surface area contributed by atoms with E-state index in [0.29, 0.717) is 33.2 Å². The summed E-state index contributed by atoms with van der Waals surface area (Å²) >= 11 is 1.27. The van der Waals surface area contributed by atoms with Crippen LogP contribution < -0.4 is 10.9 Å². The summed E-state index contributed by atoms with van der Waals surface area (Å²) in [5.74, 6) is -0.363. The molecule has 3 heterocycles. The molecule has 160 valence electrons. The van der Waals surface area contributed by atoms with Crippen LogP contribution in [0.4, 0.5) is 13.2 Å². The lowest BCUT2D eigenvalue weighted by Gasteiger charge is -2.07. The largest absolute Gasteiger partial charge is 0.416 e. The molecule has 0 spiro atoms. The fourth-order valence-corrected chi connectivity index (χ4v) is 3.87. The molecule has 0 bridgehead atoms. The van der Waals surface area contributed by atoms with Gasteiger partial charge in [0.25, 0.3) is 5.56 Å². The Bertz CT molecular complexity index is 1310. The molecule has 0 fully saturated rings. The number of amides is 1. The minimum Gasteiger partial charge on any atom is -0.350 e. The van der Waals surface area contributed by atoms with Crippen LogP contribution in [-0.2, 0) is 23.9 Å². The Balaban J connectivity index is 1.41. The van der Waals surface area contributed by atoms with Crippen molar-refractivity contribution in [1.29, 1.82) is 0 Å². The third kappa shape index (κ3) is 4.36. The number of aryl methyl sites for hydroxylation is 1. The number of carbonyl (C=O) groups excluding carboxylic acids is 1. The van der Waals surface area contributed by atoms with Gasteiger partial charge < -0.3 is 5.32 Å². The molecule has 3 aromatic heterocycles. The van der Waals surface area contributed by atoms with Crippen molar-refractivity contribution >= 4 is 22.9 Å². The van der Waals surface area contributed by atoms with E-state index in [-0.39, 0.29) is 24.4 Å². The van der Waals surface area contributed by atoms with E-state index in [0.717, 1.165) is 12.1 Å². The highest BCUT2D eigenvalue weighted by Crippen LogP contribution is 2.31. The minimum absolute atomic E-state index is 0.129. The van der Waals surface area contributed by atoms with Crippen LogP contribution in [0.1, 0.15) is 22.5 Å². The maximum absolute atomic E-state index is 12.7. The van der Waals surface area contributed by atoms with E-state index < -0.39 is 11.7 Å². The summed E-state index contributed by atoms with van der Waals surface area (Å²) in [7, 11) is 0. The zero-order chi connectivity index (χ0) is 22.2. The molecule has 31 heavy (non-hydrogen) atoms. The van der Waals surface area contributed by atoms with Crippen LogP contribution in [-0.4, -0.2) is 25.5 Å². The first kappa shape index (κ1) is 20.8. The molecular weight excluding hydrogens is 431 g/mol. The van der Waals surface area contributed by atoms with E-state index in [1.54, 1.807) is 24.6 Å². The van der Waals surface area contributed by atoms with Gasteiger partial charge in [-0.2, -0.15) is 13.2 Å².